The van der Waals surface area contributed by atoms with Gasteiger partial charge in [-0.3, -0.25) is 4.79 Å². The first kappa shape index (κ1) is 12.7. The highest BCUT2D eigenvalue weighted by Gasteiger charge is 2.25. The van der Waals surface area contributed by atoms with Crippen LogP contribution in [0.2, 0.25) is 0 Å². The summed E-state index contributed by atoms with van der Waals surface area (Å²) in [4.78, 5) is 14.6. The van der Waals surface area contributed by atoms with Gasteiger partial charge in [0, 0.05) is 23.5 Å². The van der Waals surface area contributed by atoms with Crippen LogP contribution in [0.3, 0.4) is 0 Å². The largest absolute Gasteiger partial charge is 0.398 e. The van der Waals surface area contributed by atoms with Crippen LogP contribution in [0.1, 0.15) is 27.9 Å². The van der Waals surface area contributed by atoms with E-state index in [0.29, 0.717) is 0 Å². The molecule has 2 N–H and O–H groups in total. The maximum Gasteiger partial charge on any atom is 0.258 e. The normalized spacial score (nSPS) is 13.9. The molecule has 0 atom stereocenters. The van der Waals surface area contributed by atoms with Gasteiger partial charge in [0.15, 0.2) is 0 Å². The molecule has 1 amide bonds. The van der Waals surface area contributed by atoms with Gasteiger partial charge < -0.3 is 10.6 Å². The summed E-state index contributed by atoms with van der Waals surface area (Å²) in [6.45, 7) is 2.72. The van der Waals surface area contributed by atoms with Crippen molar-refractivity contribution in [2.24, 2.45) is 0 Å². The molecule has 0 aromatic heterocycles. The second-order valence-corrected chi connectivity index (χ2v) is 5.22. The highest BCUT2D eigenvalue weighted by molar-refractivity contribution is 6.08. The van der Waals surface area contributed by atoms with E-state index in [4.69, 9.17) is 5.73 Å². The second-order valence-electron chi connectivity index (χ2n) is 5.22. The first-order valence-corrected chi connectivity index (χ1v) is 6.93. The molecule has 0 bridgehead atoms. The molecule has 0 aliphatic carbocycles. The molecule has 2 aromatic rings. The Kier molecular flexibility index (Phi) is 3.18. The minimum atomic E-state index is 0.0645. The Morgan fingerprint density at radius 3 is 2.75 bits per heavy atom. The fraction of sp³-hybridized carbons (Fsp3) is 0.235. The lowest BCUT2D eigenvalue weighted by atomic mass is 9.98. The van der Waals surface area contributed by atoms with Crippen molar-refractivity contribution in [2.75, 3.05) is 17.2 Å². The van der Waals surface area contributed by atoms with Crippen molar-refractivity contribution in [3.05, 3.63) is 59.2 Å². The van der Waals surface area contributed by atoms with Gasteiger partial charge in [0.05, 0.1) is 0 Å². The van der Waals surface area contributed by atoms with Crippen molar-refractivity contribution in [3.8, 4) is 0 Å². The molecule has 0 spiro atoms. The van der Waals surface area contributed by atoms with E-state index >= 15 is 0 Å². The van der Waals surface area contributed by atoms with E-state index in [1.54, 1.807) is 0 Å². The zero-order valence-corrected chi connectivity index (χ0v) is 11.6. The number of hydrogen-bond acceptors (Lipinski definition) is 2. The topological polar surface area (TPSA) is 46.3 Å². The molecule has 1 aliphatic rings. The quantitative estimate of drug-likeness (QED) is 0.806. The first-order chi connectivity index (χ1) is 9.68. The fourth-order valence-electron chi connectivity index (χ4n) is 2.82. The zero-order chi connectivity index (χ0) is 14.1. The van der Waals surface area contributed by atoms with Crippen molar-refractivity contribution in [3.63, 3.8) is 0 Å². The maximum absolute atomic E-state index is 12.8. The average molecular weight is 266 g/mol. The Hall–Kier alpha value is -2.29. The Morgan fingerprint density at radius 2 is 1.95 bits per heavy atom. The molecule has 102 valence electrons. The summed E-state index contributed by atoms with van der Waals surface area (Å²) < 4.78 is 0. The standard InChI is InChI=1S/C17H18N2O/c1-12-6-2-3-7-13(12)17(20)19-11-5-8-14-15(18)9-4-10-16(14)19/h2-4,6-7,9-10H,5,8,11,18H2,1H3. The van der Waals surface area contributed by atoms with Crippen LogP contribution in [-0.4, -0.2) is 12.5 Å². The van der Waals surface area contributed by atoms with Crippen LogP contribution in [0.25, 0.3) is 0 Å². The third kappa shape index (κ3) is 2.05. The van der Waals surface area contributed by atoms with Crippen LogP contribution in [0, 0.1) is 6.92 Å². The number of carbonyl (C=O) groups is 1. The van der Waals surface area contributed by atoms with Crippen molar-refractivity contribution in [2.45, 2.75) is 19.8 Å². The van der Waals surface area contributed by atoms with Gasteiger partial charge in [-0.2, -0.15) is 0 Å². The van der Waals surface area contributed by atoms with Crippen molar-refractivity contribution in [1.29, 1.82) is 0 Å². The average Bonchev–Trinajstić information content (AvgIpc) is 2.47. The van der Waals surface area contributed by atoms with Gasteiger partial charge in [-0.25, -0.2) is 0 Å². The molecule has 0 saturated carbocycles. The number of benzene rings is 2. The molecular weight excluding hydrogens is 248 g/mol. The number of rotatable bonds is 1. The molecule has 20 heavy (non-hydrogen) atoms. The number of nitrogens with zero attached hydrogens (tertiary/aromatic N) is 1. The predicted octanol–water partition coefficient (Wildman–Crippen LogP) is 3.17. The van der Waals surface area contributed by atoms with Gasteiger partial charge in [0.2, 0.25) is 0 Å². The van der Waals surface area contributed by atoms with Crippen LogP contribution in [0.15, 0.2) is 42.5 Å². The number of aryl methyl sites for hydroxylation is 1. The van der Waals surface area contributed by atoms with Crippen molar-refractivity contribution >= 4 is 17.3 Å². The first-order valence-electron chi connectivity index (χ1n) is 6.93. The van der Waals surface area contributed by atoms with E-state index in [1.807, 2.05) is 54.3 Å². The highest BCUT2D eigenvalue weighted by atomic mass is 16.2. The molecule has 0 fully saturated rings. The molecule has 3 nitrogen and oxygen atoms in total. The zero-order valence-electron chi connectivity index (χ0n) is 11.6. The Labute approximate surface area is 119 Å². The molecule has 2 aromatic carbocycles. The van der Waals surface area contributed by atoms with E-state index in [-0.39, 0.29) is 5.91 Å². The van der Waals surface area contributed by atoms with E-state index in [9.17, 15) is 4.79 Å². The van der Waals surface area contributed by atoms with E-state index in [1.165, 1.54) is 0 Å². The second kappa shape index (κ2) is 5.00. The lowest BCUT2D eigenvalue weighted by molar-refractivity contribution is 0.0984. The summed E-state index contributed by atoms with van der Waals surface area (Å²) in [6, 6.07) is 13.5. The van der Waals surface area contributed by atoms with Gasteiger partial charge in [0.1, 0.15) is 0 Å². The number of nitrogen functional groups attached to an aromatic ring is 1. The van der Waals surface area contributed by atoms with E-state index < -0.39 is 0 Å². The summed E-state index contributed by atoms with van der Waals surface area (Å²) in [7, 11) is 0. The summed E-state index contributed by atoms with van der Waals surface area (Å²) in [6.07, 6.45) is 1.90. The number of anilines is 2. The molecule has 0 saturated heterocycles. The number of carbonyl (C=O) groups excluding carboxylic acids is 1. The van der Waals surface area contributed by atoms with Crippen LogP contribution < -0.4 is 10.6 Å². The predicted molar refractivity (Wildman–Crippen MR) is 82.0 cm³/mol. The lowest BCUT2D eigenvalue weighted by Crippen LogP contribution is -2.36. The smallest absolute Gasteiger partial charge is 0.258 e. The Morgan fingerprint density at radius 1 is 1.15 bits per heavy atom. The molecule has 1 aliphatic heterocycles. The monoisotopic (exact) mass is 266 g/mol. The van der Waals surface area contributed by atoms with Crippen molar-refractivity contribution in [1.82, 2.24) is 0 Å². The Bertz CT molecular complexity index is 664. The molecule has 1 heterocycles. The number of fused-ring (bicyclic) bond motifs is 1. The van der Waals surface area contributed by atoms with Crippen LogP contribution in [0.4, 0.5) is 11.4 Å². The lowest BCUT2D eigenvalue weighted by Gasteiger charge is -2.30. The molecule has 3 rings (SSSR count). The number of amides is 1. The number of hydrogen-bond donors (Lipinski definition) is 1. The highest BCUT2D eigenvalue weighted by Crippen LogP contribution is 2.32. The summed E-state index contributed by atoms with van der Waals surface area (Å²) >= 11 is 0. The van der Waals surface area contributed by atoms with Gasteiger partial charge in [-0.05, 0) is 49.1 Å². The number of nitrogens with two attached hydrogens (primary N) is 1. The van der Waals surface area contributed by atoms with Crippen molar-refractivity contribution < 1.29 is 4.79 Å². The third-order valence-corrected chi connectivity index (χ3v) is 3.91. The van der Waals surface area contributed by atoms with Crippen LogP contribution in [-0.2, 0) is 6.42 Å². The third-order valence-electron chi connectivity index (χ3n) is 3.91. The van der Waals surface area contributed by atoms with E-state index in [0.717, 1.165) is 47.5 Å². The Balaban J connectivity index is 2.03. The van der Waals surface area contributed by atoms with E-state index in [2.05, 4.69) is 0 Å². The van der Waals surface area contributed by atoms with Gasteiger partial charge in [-0.1, -0.05) is 24.3 Å². The maximum atomic E-state index is 12.8. The molecular formula is C17H18N2O. The fourth-order valence-corrected chi connectivity index (χ4v) is 2.82. The summed E-state index contributed by atoms with van der Waals surface area (Å²) in [5, 5.41) is 0. The van der Waals surface area contributed by atoms with Crippen LogP contribution >= 0.6 is 0 Å². The van der Waals surface area contributed by atoms with Gasteiger partial charge in [-0.15, -0.1) is 0 Å². The van der Waals surface area contributed by atoms with Gasteiger partial charge >= 0.3 is 0 Å². The summed E-state index contributed by atoms with van der Waals surface area (Å²) in [5.41, 5.74) is 10.7. The SMILES string of the molecule is Cc1ccccc1C(=O)N1CCCc2c(N)cccc21. The summed E-state index contributed by atoms with van der Waals surface area (Å²) in [5.74, 6) is 0.0645. The molecule has 3 heteroatoms. The minimum absolute atomic E-state index is 0.0645. The molecule has 0 unspecified atom stereocenters. The minimum Gasteiger partial charge on any atom is -0.398 e. The van der Waals surface area contributed by atoms with Crippen LogP contribution in [0.5, 0.6) is 0 Å². The molecule has 0 radical (unpaired) electrons. The van der Waals surface area contributed by atoms with Gasteiger partial charge in [0.25, 0.3) is 5.91 Å².